The second-order valence-corrected chi connectivity index (χ2v) is 7.72. The van der Waals surface area contributed by atoms with Gasteiger partial charge >= 0.3 is 0 Å². The fourth-order valence-corrected chi connectivity index (χ4v) is 5.01. The van der Waals surface area contributed by atoms with Crippen LogP contribution in [0, 0.1) is 11.8 Å². The highest BCUT2D eigenvalue weighted by molar-refractivity contribution is 5.78. The molecule has 0 aliphatic carbocycles. The molecule has 1 N–H and O–H groups in total. The average molecular weight is 359 g/mol. The number of likely N-dealkylation sites (N-methyl/N-ethyl adjacent to an activating group) is 1. The number of hydrogen-bond acceptors (Lipinski definition) is 6. The van der Waals surface area contributed by atoms with Crippen LogP contribution in [-0.2, 0) is 9.53 Å². The number of hydrogen-bond donors (Lipinski definition) is 1. The van der Waals surface area contributed by atoms with Gasteiger partial charge in [-0.25, -0.2) is 9.97 Å². The van der Waals surface area contributed by atoms with Crippen LogP contribution in [0.1, 0.15) is 26.7 Å². The molecule has 3 saturated heterocycles. The number of nitrogens with zero attached hydrogens (tertiary/aromatic N) is 4. The standard InChI is InChI=1S/C19H29N5O2/c1-3-23(4-2)12-17(25)22-10-14-15-11-24(18-20-8-5-9-21-18)13-19(15)7-6-16(14)26-19/h5,8-9,14-16H,3-4,6-7,10-13H2,1-2H3,(H,22,25)/t14-,15+,16+,19+/m0/s1. The van der Waals surface area contributed by atoms with Crippen molar-refractivity contribution in [3.63, 3.8) is 0 Å². The van der Waals surface area contributed by atoms with Gasteiger partial charge in [0.2, 0.25) is 11.9 Å². The zero-order valence-corrected chi connectivity index (χ0v) is 15.7. The van der Waals surface area contributed by atoms with Gasteiger partial charge in [-0.1, -0.05) is 13.8 Å². The van der Waals surface area contributed by atoms with E-state index in [-0.39, 0.29) is 17.6 Å². The van der Waals surface area contributed by atoms with Gasteiger partial charge in [-0.05, 0) is 32.0 Å². The summed E-state index contributed by atoms with van der Waals surface area (Å²) in [6, 6.07) is 1.84. The van der Waals surface area contributed by atoms with Gasteiger partial charge in [0.25, 0.3) is 0 Å². The lowest BCUT2D eigenvalue weighted by Crippen LogP contribution is -2.44. The van der Waals surface area contributed by atoms with E-state index < -0.39 is 0 Å². The third kappa shape index (κ3) is 3.07. The summed E-state index contributed by atoms with van der Waals surface area (Å²) in [6.45, 7) is 8.94. The van der Waals surface area contributed by atoms with E-state index in [0.717, 1.165) is 45.0 Å². The second-order valence-electron chi connectivity index (χ2n) is 7.72. The van der Waals surface area contributed by atoms with Crippen LogP contribution in [0.2, 0.25) is 0 Å². The molecule has 3 aliphatic heterocycles. The van der Waals surface area contributed by atoms with Crippen molar-refractivity contribution in [2.75, 3.05) is 44.2 Å². The Balaban J connectivity index is 1.39. The maximum Gasteiger partial charge on any atom is 0.234 e. The third-order valence-corrected chi connectivity index (χ3v) is 6.42. The molecule has 3 fully saturated rings. The second kappa shape index (κ2) is 7.12. The number of carbonyl (C=O) groups is 1. The molecule has 4 heterocycles. The molecule has 3 aliphatic rings. The summed E-state index contributed by atoms with van der Waals surface area (Å²) < 4.78 is 6.44. The van der Waals surface area contributed by atoms with Crippen molar-refractivity contribution in [2.45, 2.75) is 38.4 Å². The van der Waals surface area contributed by atoms with E-state index in [0.29, 0.717) is 24.9 Å². The van der Waals surface area contributed by atoms with Gasteiger partial charge < -0.3 is 15.0 Å². The Morgan fingerprint density at radius 1 is 1.38 bits per heavy atom. The summed E-state index contributed by atoms with van der Waals surface area (Å²) in [7, 11) is 0. The molecule has 0 unspecified atom stereocenters. The lowest BCUT2D eigenvalue weighted by molar-refractivity contribution is -0.122. The Hall–Kier alpha value is -1.73. The number of nitrogens with one attached hydrogen (secondary N) is 1. The summed E-state index contributed by atoms with van der Waals surface area (Å²) >= 11 is 0. The Morgan fingerprint density at radius 2 is 2.15 bits per heavy atom. The van der Waals surface area contributed by atoms with Crippen LogP contribution in [-0.4, -0.2) is 71.7 Å². The van der Waals surface area contributed by atoms with Crippen LogP contribution >= 0.6 is 0 Å². The summed E-state index contributed by atoms with van der Waals surface area (Å²) in [4.78, 5) is 25.5. The summed E-state index contributed by atoms with van der Waals surface area (Å²) in [5, 5.41) is 3.16. The Bertz CT molecular complexity index is 638. The van der Waals surface area contributed by atoms with Crippen LogP contribution in [0.4, 0.5) is 5.95 Å². The van der Waals surface area contributed by atoms with Gasteiger partial charge in [-0.3, -0.25) is 9.69 Å². The smallest absolute Gasteiger partial charge is 0.234 e. The molecule has 1 amide bonds. The molecule has 1 aromatic heterocycles. The zero-order chi connectivity index (χ0) is 18.1. The molecule has 1 spiro atoms. The highest BCUT2D eigenvalue weighted by atomic mass is 16.5. The van der Waals surface area contributed by atoms with Crippen molar-refractivity contribution in [2.24, 2.45) is 11.8 Å². The first kappa shape index (κ1) is 17.7. The molecule has 26 heavy (non-hydrogen) atoms. The monoisotopic (exact) mass is 359 g/mol. The Kier molecular flexibility index (Phi) is 4.84. The number of aromatic nitrogens is 2. The van der Waals surface area contributed by atoms with Gasteiger partial charge in [0, 0.05) is 37.3 Å². The van der Waals surface area contributed by atoms with E-state index in [2.05, 4.69) is 38.9 Å². The molecule has 7 nitrogen and oxygen atoms in total. The molecule has 2 bridgehead atoms. The highest BCUT2D eigenvalue weighted by Crippen LogP contribution is 2.54. The van der Waals surface area contributed by atoms with Crippen molar-refractivity contribution < 1.29 is 9.53 Å². The van der Waals surface area contributed by atoms with E-state index in [4.69, 9.17) is 4.74 Å². The maximum atomic E-state index is 12.3. The van der Waals surface area contributed by atoms with Crippen LogP contribution in [0.15, 0.2) is 18.5 Å². The molecular formula is C19H29N5O2. The lowest BCUT2D eigenvalue weighted by Gasteiger charge is -2.29. The van der Waals surface area contributed by atoms with Crippen molar-refractivity contribution >= 4 is 11.9 Å². The molecule has 142 valence electrons. The zero-order valence-electron chi connectivity index (χ0n) is 15.7. The molecule has 1 aromatic rings. The average Bonchev–Trinajstić information content (AvgIpc) is 3.33. The Morgan fingerprint density at radius 3 is 2.88 bits per heavy atom. The van der Waals surface area contributed by atoms with Gasteiger partial charge in [-0.15, -0.1) is 0 Å². The van der Waals surface area contributed by atoms with Gasteiger partial charge in [0.05, 0.1) is 24.8 Å². The van der Waals surface area contributed by atoms with Crippen LogP contribution in [0.3, 0.4) is 0 Å². The van der Waals surface area contributed by atoms with Crippen LogP contribution in [0.5, 0.6) is 0 Å². The maximum absolute atomic E-state index is 12.3. The number of anilines is 1. The van der Waals surface area contributed by atoms with Gasteiger partial charge in [0.15, 0.2) is 0 Å². The van der Waals surface area contributed by atoms with E-state index in [9.17, 15) is 4.79 Å². The van der Waals surface area contributed by atoms with Gasteiger partial charge in [-0.2, -0.15) is 0 Å². The minimum atomic E-state index is -0.0713. The SMILES string of the molecule is CCN(CC)CC(=O)NC[C@H]1[C@H]2CN(c3ncccn3)C[C@]23CC[C@H]1O3. The molecule has 0 radical (unpaired) electrons. The number of ether oxygens (including phenoxy) is 1. The fourth-order valence-electron chi connectivity index (χ4n) is 5.01. The predicted octanol–water partition coefficient (Wildman–Crippen LogP) is 0.918. The summed E-state index contributed by atoms with van der Waals surface area (Å²) in [5.41, 5.74) is -0.0713. The summed E-state index contributed by atoms with van der Waals surface area (Å²) in [6.07, 6.45) is 6.06. The number of amides is 1. The first-order chi connectivity index (χ1) is 12.6. The molecule has 4 rings (SSSR count). The number of rotatable bonds is 7. The molecule has 4 atom stereocenters. The first-order valence-corrected chi connectivity index (χ1v) is 9.84. The molecule has 7 heteroatoms. The van der Waals surface area contributed by atoms with Gasteiger partial charge in [0.1, 0.15) is 0 Å². The van der Waals surface area contributed by atoms with Crippen molar-refractivity contribution in [3.8, 4) is 0 Å². The quantitative estimate of drug-likeness (QED) is 0.781. The lowest BCUT2D eigenvalue weighted by atomic mass is 9.73. The van der Waals surface area contributed by atoms with Crippen molar-refractivity contribution in [1.82, 2.24) is 20.2 Å². The number of fused-ring (bicyclic) bond motifs is 1. The minimum absolute atomic E-state index is 0.0713. The topological polar surface area (TPSA) is 70.6 Å². The molecule has 0 aromatic carbocycles. The van der Waals surface area contributed by atoms with E-state index in [1.807, 2.05) is 6.07 Å². The summed E-state index contributed by atoms with van der Waals surface area (Å²) in [5.74, 6) is 1.73. The highest BCUT2D eigenvalue weighted by Gasteiger charge is 2.63. The van der Waals surface area contributed by atoms with Crippen LogP contribution < -0.4 is 10.2 Å². The fraction of sp³-hybridized carbons (Fsp3) is 0.737. The molecule has 0 saturated carbocycles. The number of carbonyl (C=O) groups excluding carboxylic acids is 1. The van der Waals surface area contributed by atoms with E-state index in [1.165, 1.54) is 0 Å². The Labute approximate surface area is 155 Å². The van der Waals surface area contributed by atoms with E-state index in [1.54, 1.807) is 12.4 Å². The molecular weight excluding hydrogens is 330 g/mol. The predicted molar refractivity (Wildman–Crippen MR) is 98.9 cm³/mol. The first-order valence-electron chi connectivity index (χ1n) is 9.84. The largest absolute Gasteiger partial charge is 0.369 e. The van der Waals surface area contributed by atoms with Crippen molar-refractivity contribution in [3.05, 3.63) is 18.5 Å². The van der Waals surface area contributed by atoms with Crippen LogP contribution in [0.25, 0.3) is 0 Å². The van der Waals surface area contributed by atoms with Crippen molar-refractivity contribution in [1.29, 1.82) is 0 Å². The minimum Gasteiger partial charge on any atom is -0.369 e. The third-order valence-electron chi connectivity index (χ3n) is 6.42. The normalized spacial score (nSPS) is 32.3. The van der Waals surface area contributed by atoms with E-state index >= 15 is 0 Å².